The van der Waals surface area contributed by atoms with Gasteiger partial charge in [0.25, 0.3) is 5.79 Å². The number of rotatable bonds is 9. The number of carbonyl (C=O) groups is 2. The normalized spacial score (nSPS) is 17.3. The second-order valence-electron chi connectivity index (χ2n) is 6.23. The van der Waals surface area contributed by atoms with Crippen molar-refractivity contribution in [2.75, 3.05) is 0 Å². The molecule has 0 aromatic rings. The number of allylic oxidation sites excluding steroid dienone is 3. The fourth-order valence-corrected chi connectivity index (χ4v) is 2.44. The van der Waals surface area contributed by atoms with Crippen molar-refractivity contribution in [1.29, 1.82) is 0 Å². The van der Waals surface area contributed by atoms with E-state index in [0.717, 1.165) is 32.1 Å². The van der Waals surface area contributed by atoms with Crippen molar-refractivity contribution < 1.29 is 24.2 Å². The van der Waals surface area contributed by atoms with Crippen molar-refractivity contribution in [2.24, 2.45) is 0 Å². The van der Waals surface area contributed by atoms with Crippen LogP contribution in [0.2, 0.25) is 0 Å². The Labute approximate surface area is 138 Å². The number of hydrogen-bond acceptors (Lipinski definition) is 5. The summed E-state index contributed by atoms with van der Waals surface area (Å²) in [6.07, 6.45) is 12.0. The topological polar surface area (TPSA) is 72.8 Å². The molecule has 0 amide bonds. The Bertz CT molecular complexity index is 452. The summed E-state index contributed by atoms with van der Waals surface area (Å²) >= 11 is 0. The number of hydrogen-bond donors (Lipinski definition) is 1. The first-order chi connectivity index (χ1) is 10.9. The van der Waals surface area contributed by atoms with Gasteiger partial charge in [0.1, 0.15) is 5.76 Å². The van der Waals surface area contributed by atoms with Crippen LogP contribution in [0.15, 0.2) is 23.5 Å². The molecule has 5 heteroatoms. The first kappa shape index (κ1) is 19.3. The van der Waals surface area contributed by atoms with Gasteiger partial charge in [0.05, 0.1) is 0 Å². The lowest BCUT2D eigenvalue weighted by Gasteiger charge is -2.30. The first-order valence-corrected chi connectivity index (χ1v) is 8.37. The highest BCUT2D eigenvalue weighted by atomic mass is 16.7. The van der Waals surface area contributed by atoms with Gasteiger partial charge in [-0.2, -0.15) is 0 Å². The maximum absolute atomic E-state index is 11.8. The molecule has 0 unspecified atom stereocenters. The minimum absolute atomic E-state index is 0.233. The number of unbranched alkanes of at least 4 members (excludes halogenated alkanes) is 6. The predicted octanol–water partition coefficient (Wildman–Crippen LogP) is 4.33. The van der Waals surface area contributed by atoms with Gasteiger partial charge in [0.2, 0.25) is 0 Å². The highest BCUT2D eigenvalue weighted by molar-refractivity contribution is 6.15. The summed E-state index contributed by atoms with van der Waals surface area (Å²) in [5.74, 6) is -3.13. The molecule has 1 aliphatic rings. The van der Waals surface area contributed by atoms with Gasteiger partial charge in [-0.15, -0.1) is 0 Å². The van der Waals surface area contributed by atoms with E-state index < -0.39 is 17.7 Å². The summed E-state index contributed by atoms with van der Waals surface area (Å²) in [5.41, 5.74) is -0.365. The third kappa shape index (κ3) is 6.89. The molecule has 0 saturated carbocycles. The van der Waals surface area contributed by atoms with Crippen LogP contribution in [0.1, 0.15) is 72.1 Å². The van der Waals surface area contributed by atoms with E-state index in [1.807, 2.05) is 6.92 Å². The van der Waals surface area contributed by atoms with E-state index in [0.29, 0.717) is 6.42 Å². The Morgan fingerprint density at radius 2 is 1.52 bits per heavy atom. The lowest BCUT2D eigenvalue weighted by atomic mass is 10.1. The van der Waals surface area contributed by atoms with Gasteiger partial charge in [0, 0.05) is 20.3 Å². The Hall–Kier alpha value is -1.78. The van der Waals surface area contributed by atoms with Gasteiger partial charge < -0.3 is 14.6 Å². The van der Waals surface area contributed by atoms with Gasteiger partial charge >= 0.3 is 11.9 Å². The monoisotopic (exact) mass is 324 g/mol. The number of ether oxygens (including phenoxy) is 2. The highest BCUT2D eigenvalue weighted by Gasteiger charge is 2.40. The Morgan fingerprint density at radius 3 is 2.09 bits per heavy atom. The predicted molar refractivity (Wildman–Crippen MR) is 87.7 cm³/mol. The molecule has 0 atom stereocenters. The molecule has 0 aromatic carbocycles. The second-order valence-corrected chi connectivity index (χ2v) is 6.23. The molecule has 1 rings (SSSR count). The average molecular weight is 324 g/mol. The Kier molecular flexibility index (Phi) is 7.86. The van der Waals surface area contributed by atoms with Gasteiger partial charge in [-0.1, -0.05) is 37.8 Å². The summed E-state index contributed by atoms with van der Waals surface area (Å²) in [5, 5.41) is 9.96. The van der Waals surface area contributed by atoms with E-state index in [9.17, 15) is 14.7 Å². The smallest absolute Gasteiger partial charge is 0.352 e. The number of aliphatic hydroxyl groups excluding tert-OH is 1. The zero-order valence-corrected chi connectivity index (χ0v) is 14.4. The van der Waals surface area contributed by atoms with Crippen molar-refractivity contribution in [3.63, 3.8) is 0 Å². The quantitative estimate of drug-likeness (QED) is 0.171. The van der Waals surface area contributed by atoms with Crippen LogP contribution >= 0.6 is 0 Å². The van der Waals surface area contributed by atoms with Crippen LogP contribution in [0, 0.1) is 0 Å². The van der Waals surface area contributed by atoms with Crippen LogP contribution in [-0.2, 0) is 19.1 Å². The summed E-state index contributed by atoms with van der Waals surface area (Å²) in [6, 6.07) is 0. The minimum Gasteiger partial charge on any atom is -0.511 e. The standard InChI is InChI=1S/C18H28O5/c1-4-5-6-7-8-9-10-11-12-13-14(19)15-16(20)22-18(2,3)23-17(15)21/h4-5,19H,6-13H2,1-3H3/b5-4+. The lowest BCUT2D eigenvalue weighted by molar-refractivity contribution is -0.222. The zero-order valence-electron chi connectivity index (χ0n) is 14.4. The van der Waals surface area contributed by atoms with Gasteiger partial charge in [-0.3, -0.25) is 0 Å². The fraction of sp³-hybridized carbons (Fsp3) is 0.667. The molecular formula is C18H28O5. The summed E-state index contributed by atoms with van der Waals surface area (Å²) in [7, 11) is 0. The van der Waals surface area contributed by atoms with E-state index in [2.05, 4.69) is 12.2 Å². The maximum atomic E-state index is 11.8. The van der Waals surface area contributed by atoms with Crippen molar-refractivity contribution >= 4 is 11.9 Å². The van der Waals surface area contributed by atoms with Crippen LogP contribution in [0.4, 0.5) is 0 Å². The van der Waals surface area contributed by atoms with E-state index in [1.54, 1.807) is 0 Å². The third-order valence-electron chi connectivity index (χ3n) is 3.64. The second kappa shape index (κ2) is 9.38. The minimum atomic E-state index is -1.27. The molecule has 1 heterocycles. The lowest BCUT2D eigenvalue weighted by Crippen LogP contribution is -2.42. The van der Waals surface area contributed by atoms with Crippen molar-refractivity contribution in [3.8, 4) is 0 Å². The summed E-state index contributed by atoms with van der Waals surface area (Å²) in [4.78, 5) is 23.6. The average Bonchev–Trinajstić information content (AvgIpc) is 2.43. The fourth-order valence-electron chi connectivity index (χ4n) is 2.44. The molecule has 1 fully saturated rings. The number of cyclic esters (lactones) is 2. The SMILES string of the molecule is C/C=C/CCCCCCCCC(O)=C1C(=O)OC(C)(C)OC1=O. The Morgan fingerprint density at radius 1 is 1.00 bits per heavy atom. The molecule has 1 N–H and O–H groups in total. The van der Waals surface area contributed by atoms with Crippen LogP contribution < -0.4 is 0 Å². The molecule has 0 aliphatic carbocycles. The van der Waals surface area contributed by atoms with E-state index in [1.165, 1.54) is 26.7 Å². The molecule has 130 valence electrons. The molecule has 0 radical (unpaired) electrons. The van der Waals surface area contributed by atoms with Gasteiger partial charge in [-0.05, 0) is 26.2 Å². The molecule has 1 aliphatic heterocycles. The number of carbonyl (C=O) groups excluding carboxylic acids is 2. The van der Waals surface area contributed by atoms with Crippen LogP contribution in [0.5, 0.6) is 0 Å². The Balaban J connectivity index is 2.29. The molecule has 1 saturated heterocycles. The molecule has 0 aromatic heterocycles. The highest BCUT2D eigenvalue weighted by Crippen LogP contribution is 2.25. The number of esters is 2. The third-order valence-corrected chi connectivity index (χ3v) is 3.64. The van der Waals surface area contributed by atoms with Crippen molar-refractivity contribution in [3.05, 3.63) is 23.5 Å². The van der Waals surface area contributed by atoms with E-state index in [4.69, 9.17) is 9.47 Å². The van der Waals surface area contributed by atoms with Gasteiger partial charge in [0.15, 0.2) is 5.57 Å². The molecular weight excluding hydrogens is 296 g/mol. The van der Waals surface area contributed by atoms with E-state index in [-0.39, 0.29) is 11.3 Å². The molecule has 5 nitrogen and oxygen atoms in total. The summed E-state index contributed by atoms with van der Waals surface area (Å²) < 4.78 is 9.93. The van der Waals surface area contributed by atoms with Crippen LogP contribution in [0.3, 0.4) is 0 Å². The summed E-state index contributed by atoms with van der Waals surface area (Å²) in [6.45, 7) is 4.99. The maximum Gasteiger partial charge on any atom is 0.352 e. The molecule has 0 bridgehead atoms. The first-order valence-electron chi connectivity index (χ1n) is 8.37. The van der Waals surface area contributed by atoms with Crippen LogP contribution in [0.25, 0.3) is 0 Å². The van der Waals surface area contributed by atoms with Crippen molar-refractivity contribution in [2.45, 2.75) is 77.9 Å². The van der Waals surface area contributed by atoms with Gasteiger partial charge in [-0.25, -0.2) is 9.59 Å². The number of aliphatic hydroxyl groups is 1. The molecule has 0 spiro atoms. The van der Waals surface area contributed by atoms with Crippen LogP contribution in [-0.4, -0.2) is 22.8 Å². The largest absolute Gasteiger partial charge is 0.511 e. The van der Waals surface area contributed by atoms with Crippen molar-refractivity contribution in [1.82, 2.24) is 0 Å². The molecule has 23 heavy (non-hydrogen) atoms. The van der Waals surface area contributed by atoms with E-state index >= 15 is 0 Å². The zero-order chi connectivity index (χ0) is 17.3.